The fourth-order valence-corrected chi connectivity index (χ4v) is 4.09. The molecule has 0 aromatic heterocycles. The molecule has 0 saturated carbocycles. The fourth-order valence-electron chi connectivity index (χ4n) is 3.22. The molecule has 0 aliphatic rings. The molecule has 0 radical (unpaired) electrons. The summed E-state index contributed by atoms with van der Waals surface area (Å²) in [5.74, 6) is 0.103. The Morgan fingerprint density at radius 1 is 1.06 bits per heavy atom. The molecule has 0 heterocycles. The number of hydrogen-bond acceptors (Lipinski definition) is 3. The van der Waals surface area contributed by atoms with E-state index in [1.807, 2.05) is 32.0 Å². The summed E-state index contributed by atoms with van der Waals surface area (Å²) < 4.78 is 6.58. The lowest BCUT2D eigenvalue weighted by Gasteiger charge is -2.30. The maximum atomic E-state index is 13.2. The average Bonchev–Trinajstić information content (AvgIpc) is 2.78. The van der Waals surface area contributed by atoms with Crippen molar-refractivity contribution in [2.24, 2.45) is 0 Å². The highest BCUT2D eigenvalue weighted by molar-refractivity contribution is 9.10. The second kappa shape index (κ2) is 13.1. The van der Waals surface area contributed by atoms with Gasteiger partial charge >= 0.3 is 0 Å². The Bertz CT molecular complexity index is 939. The van der Waals surface area contributed by atoms with Crippen LogP contribution >= 0.6 is 39.1 Å². The zero-order valence-electron chi connectivity index (χ0n) is 18.6. The van der Waals surface area contributed by atoms with Crippen LogP contribution in [0.2, 0.25) is 10.0 Å². The molecule has 2 rings (SSSR count). The highest BCUT2D eigenvalue weighted by Gasteiger charge is 2.29. The summed E-state index contributed by atoms with van der Waals surface area (Å²) in [4.78, 5) is 27.6. The number of rotatable bonds is 11. The second-order valence-corrected chi connectivity index (χ2v) is 9.06. The monoisotopic (exact) mass is 542 g/mol. The first kappa shape index (κ1) is 26.5. The van der Waals surface area contributed by atoms with E-state index in [1.165, 1.54) is 0 Å². The lowest BCUT2D eigenvalue weighted by Crippen LogP contribution is -2.50. The van der Waals surface area contributed by atoms with Crippen LogP contribution in [0.1, 0.15) is 44.7 Å². The van der Waals surface area contributed by atoms with Crippen LogP contribution in [0.25, 0.3) is 0 Å². The van der Waals surface area contributed by atoms with Crippen molar-refractivity contribution in [3.8, 4) is 5.75 Å². The van der Waals surface area contributed by atoms with Crippen LogP contribution in [0.15, 0.2) is 40.9 Å². The van der Waals surface area contributed by atoms with E-state index in [0.29, 0.717) is 28.8 Å². The van der Waals surface area contributed by atoms with Gasteiger partial charge in [-0.1, -0.05) is 56.1 Å². The van der Waals surface area contributed by atoms with Crippen molar-refractivity contribution in [1.82, 2.24) is 10.2 Å². The lowest BCUT2D eigenvalue weighted by molar-refractivity contribution is -0.143. The maximum absolute atomic E-state index is 13.2. The number of nitrogens with zero attached hydrogens (tertiary/aromatic N) is 1. The highest BCUT2D eigenvalue weighted by Crippen LogP contribution is 2.27. The minimum Gasteiger partial charge on any atom is -0.483 e. The summed E-state index contributed by atoms with van der Waals surface area (Å²) >= 11 is 15.7. The van der Waals surface area contributed by atoms with Gasteiger partial charge in [-0.2, -0.15) is 0 Å². The van der Waals surface area contributed by atoms with Crippen molar-refractivity contribution in [1.29, 1.82) is 0 Å². The largest absolute Gasteiger partial charge is 0.483 e. The Balaban J connectivity index is 2.23. The first-order valence-electron chi connectivity index (χ1n) is 10.7. The molecular weight excluding hydrogens is 515 g/mol. The van der Waals surface area contributed by atoms with Gasteiger partial charge in [-0.05, 0) is 70.6 Å². The number of aryl methyl sites for hydroxylation is 1. The zero-order chi connectivity index (χ0) is 23.7. The van der Waals surface area contributed by atoms with Crippen molar-refractivity contribution >= 4 is 50.9 Å². The van der Waals surface area contributed by atoms with E-state index in [4.69, 9.17) is 27.9 Å². The number of carbonyl (C=O) groups is 2. The van der Waals surface area contributed by atoms with E-state index in [2.05, 4.69) is 28.2 Å². The number of amides is 2. The lowest BCUT2D eigenvalue weighted by atomic mass is 10.1. The van der Waals surface area contributed by atoms with Crippen molar-refractivity contribution in [3.05, 3.63) is 62.0 Å². The number of carbonyl (C=O) groups excluding carboxylic acids is 2. The Morgan fingerprint density at radius 3 is 2.38 bits per heavy atom. The molecule has 0 aliphatic heterocycles. The van der Waals surface area contributed by atoms with Crippen molar-refractivity contribution in [2.75, 3.05) is 13.2 Å². The maximum Gasteiger partial charge on any atom is 0.261 e. The number of ether oxygens (including phenoxy) is 1. The van der Waals surface area contributed by atoms with Gasteiger partial charge in [-0.25, -0.2) is 0 Å². The molecule has 8 heteroatoms. The van der Waals surface area contributed by atoms with Gasteiger partial charge in [0.1, 0.15) is 11.8 Å². The summed E-state index contributed by atoms with van der Waals surface area (Å²) in [6.45, 7) is 6.51. The third kappa shape index (κ3) is 7.39. The fraction of sp³-hybridized carbons (Fsp3) is 0.417. The normalized spacial score (nSPS) is 11.7. The first-order valence-corrected chi connectivity index (χ1v) is 12.3. The minimum atomic E-state index is -0.627. The number of halogens is 3. The molecule has 1 N–H and O–H groups in total. The molecule has 2 aromatic rings. The van der Waals surface area contributed by atoms with E-state index < -0.39 is 6.04 Å². The van der Waals surface area contributed by atoms with Gasteiger partial charge in [0.25, 0.3) is 5.91 Å². The number of nitrogens with one attached hydrogen (secondary N) is 1. The van der Waals surface area contributed by atoms with Crippen molar-refractivity contribution in [2.45, 2.75) is 52.6 Å². The molecule has 0 aliphatic carbocycles. The predicted molar refractivity (Wildman–Crippen MR) is 133 cm³/mol. The summed E-state index contributed by atoms with van der Waals surface area (Å²) in [5.41, 5.74) is 1.94. The van der Waals surface area contributed by atoms with E-state index in [1.54, 1.807) is 23.1 Å². The molecular formula is C24H29BrCl2N2O3. The third-order valence-corrected chi connectivity index (χ3v) is 6.39. The van der Waals surface area contributed by atoms with Crippen LogP contribution in [0.4, 0.5) is 0 Å². The summed E-state index contributed by atoms with van der Waals surface area (Å²) in [7, 11) is 0. The van der Waals surface area contributed by atoms with Crippen LogP contribution < -0.4 is 10.1 Å². The molecule has 5 nitrogen and oxygen atoms in total. The smallest absolute Gasteiger partial charge is 0.261 e. The number of hydrogen-bond donors (Lipinski definition) is 1. The molecule has 0 bridgehead atoms. The summed E-state index contributed by atoms with van der Waals surface area (Å²) in [6, 6.07) is 10.3. The van der Waals surface area contributed by atoms with E-state index in [9.17, 15) is 9.59 Å². The van der Waals surface area contributed by atoms with Crippen molar-refractivity contribution < 1.29 is 14.3 Å². The quantitative estimate of drug-likeness (QED) is 0.376. The van der Waals surface area contributed by atoms with Gasteiger partial charge in [0, 0.05) is 13.1 Å². The SMILES string of the molecule is CCCNC(=O)C(CC)N(Cc1ccc(Cl)c(Cl)c1)C(=O)COc1ccc(CC)cc1Br. The Hall–Kier alpha value is -1.76. The summed E-state index contributed by atoms with van der Waals surface area (Å²) in [6.07, 6.45) is 2.19. The second-order valence-electron chi connectivity index (χ2n) is 7.39. The van der Waals surface area contributed by atoms with Crippen LogP contribution in [-0.4, -0.2) is 35.9 Å². The zero-order valence-corrected chi connectivity index (χ0v) is 21.7. The Kier molecular flexibility index (Phi) is 10.8. The van der Waals surface area contributed by atoms with E-state index in [-0.39, 0.29) is 25.0 Å². The highest BCUT2D eigenvalue weighted by atomic mass is 79.9. The van der Waals surface area contributed by atoms with Gasteiger partial charge in [-0.15, -0.1) is 0 Å². The molecule has 0 spiro atoms. The molecule has 1 unspecified atom stereocenters. The molecule has 2 aromatic carbocycles. The van der Waals surface area contributed by atoms with Gasteiger partial charge in [-0.3, -0.25) is 9.59 Å². The molecule has 2 amide bonds. The van der Waals surface area contributed by atoms with Gasteiger partial charge < -0.3 is 15.0 Å². The molecule has 0 saturated heterocycles. The molecule has 0 fully saturated rings. The molecule has 174 valence electrons. The molecule has 32 heavy (non-hydrogen) atoms. The van der Waals surface area contributed by atoms with Gasteiger partial charge in [0.2, 0.25) is 5.91 Å². The van der Waals surface area contributed by atoms with Crippen molar-refractivity contribution in [3.63, 3.8) is 0 Å². The first-order chi connectivity index (χ1) is 15.3. The standard InChI is InChI=1S/C24H29BrCl2N2O3/c1-4-11-28-24(31)21(6-3)29(14-17-7-9-19(26)20(27)13-17)23(30)15-32-22-10-8-16(5-2)12-18(22)25/h7-10,12-13,21H,4-6,11,14-15H2,1-3H3,(H,28,31). The van der Waals surface area contributed by atoms with Crippen LogP contribution in [0, 0.1) is 0 Å². The van der Waals surface area contributed by atoms with Crippen LogP contribution in [0.5, 0.6) is 5.75 Å². The third-order valence-electron chi connectivity index (χ3n) is 5.03. The Labute approximate surface area is 208 Å². The van der Waals surface area contributed by atoms with E-state index >= 15 is 0 Å². The van der Waals surface area contributed by atoms with Gasteiger partial charge in [0.15, 0.2) is 6.61 Å². The van der Waals surface area contributed by atoms with Crippen LogP contribution in [0.3, 0.4) is 0 Å². The van der Waals surface area contributed by atoms with E-state index in [0.717, 1.165) is 28.4 Å². The number of benzene rings is 2. The average molecular weight is 544 g/mol. The molecule has 1 atom stereocenters. The van der Waals surface area contributed by atoms with Gasteiger partial charge in [0.05, 0.1) is 14.5 Å². The Morgan fingerprint density at radius 2 is 1.78 bits per heavy atom. The minimum absolute atomic E-state index is 0.184. The van der Waals surface area contributed by atoms with Crippen LogP contribution in [-0.2, 0) is 22.6 Å². The summed E-state index contributed by atoms with van der Waals surface area (Å²) in [5, 5.41) is 3.73. The predicted octanol–water partition coefficient (Wildman–Crippen LogP) is 6.03. The topological polar surface area (TPSA) is 58.6 Å².